The van der Waals surface area contributed by atoms with Crippen molar-refractivity contribution in [1.29, 1.82) is 0 Å². The van der Waals surface area contributed by atoms with Crippen molar-refractivity contribution in [2.75, 3.05) is 0 Å². The molecule has 0 amide bonds. The van der Waals surface area contributed by atoms with E-state index in [4.69, 9.17) is 14.2 Å². The average Bonchev–Trinajstić information content (AvgIpc) is 3.36. The second kappa shape index (κ2) is 9.36. The van der Waals surface area contributed by atoms with E-state index in [1.807, 2.05) is 12.1 Å². The molecule has 2 aromatic carbocycles. The fraction of sp³-hybridized carbons (Fsp3) is 0.318. The lowest BCUT2D eigenvalue weighted by Gasteiger charge is -2.30. The van der Waals surface area contributed by atoms with E-state index in [1.54, 1.807) is 0 Å². The third-order valence-corrected chi connectivity index (χ3v) is 9.78. The Hall–Kier alpha value is -1.05. The van der Waals surface area contributed by atoms with Gasteiger partial charge in [0.05, 0.1) is 22.3 Å². The molecule has 2 aliphatic carbocycles. The minimum Gasteiger partial charge on any atom is -0.744 e. The van der Waals surface area contributed by atoms with Crippen LogP contribution in [0.5, 0.6) is 5.75 Å². The van der Waals surface area contributed by atoms with Crippen molar-refractivity contribution in [2.45, 2.75) is 23.5 Å². The number of hydrogen-bond donors (Lipinski definition) is 0. The van der Waals surface area contributed by atoms with Gasteiger partial charge in [-0.2, -0.15) is 0 Å². The zero-order valence-corrected chi connectivity index (χ0v) is 24.6. The van der Waals surface area contributed by atoms with E-state index < -0.39 is 62.9 Å². The summed E-state index contributed by atoms with van der Waals surface area (Å²) in [6, 6.07) is 8.19. The number of rotatable bonds is 5. The summed E-state index contributed by atoms with van der Waals surface area (Å²) in [5.41, 5.74) is 0.419. The zero-order chi connectivity index (χ0) is 25.2. The number of benzene rings is 2. The van der Waals surface area contributed by atoms with Gasteiger partial charge in [0.1, 0.15) is 28.1 Å². The van der Waals surface area contributed by atoms with Crippen LogP contribution in [-0.2, 0) is 29.2 Å². The number of carbonyl (C=O) groups excluding carboxylic acids is 3. The molecule has 1 heterocycles. The molecule has 6 atom stereocenters. The summed E-state index contributed by atoms with van der Waals surface area (Å²) < 4.78 is 52.6. The van der Waals surface area contributed by atoms with E-state index in [2.05, 4.69) is 67.8 Å². The van der Waals surface area contributed by atoms with Crippen LogP contribution in [0.3, 0.4) is 0 Å². The first-order valence-corrected chi connectivity index (χ1v) is 14.9. The zero-order valence-electron chi connectivity index (χ0n) is 17.4. The molecule has 3 fully saturated rings. The summed E-state index contributed by atoms with van der Waals surface area (Å²) in [6.07, 6.45) is -0.912. The maximum Gasteiger partial charge on any atom is 0.340 e. The molecule has 35 heavy (non-hydrogen) atoms. The van der Waals surface area contributed by atoms with Gasteiger partial charge in [-0.25, -0.2) is 13.2 Å². The van der Waals surface area contributed by atoms with Crippen LogP contribution in [0.4, 0.5) is 0 Å². The fourth-order valence-corrected chi connectivity index (χ4v) is 9.74. The van der Waals surface area contributed by atoms with Crippen LogP contribution in [0.15, 0.2) is 41.3 Å². The van der Waals surface area contributed by atoms with Crippen LogP contribution in [0.25, 0.3) is 0 Å². The maximum atomic E-state index is 13.1. The van der Waals surface area contributed by atoms with Gasteiger partial charge in [0.2, 0.25) is 0 Å². The van der Waals surface area contributed by atoms with Gasteiger partial charge in [0.25, 0.3) is 0 Å². The lowest BCUT2D eigenvalue weighted by Crippen LogP contribution is -2.44. The molecular weight excluding hydrogens is 821 g/mol. The molecule has 6 unspecified atom stereocenters. The van der Waals surface area contributed by atoms with Crippen molar-refractivity contribution >= 4 is 95.8 Å². The monoisotopic (exact) mass is 835 g/mol. The quantitative estimate of drug-likeness (QED) is 0.193. The molecule has 2 aromatic rings. The molecule has 3 aliphatic rings. The van der Waals surface area contributed by atoms with Crippen LogP contribution < -0.4 is 4.74 Å². The van der Waals surface area contributed by atoms with E-state index in [0.717, 1.165) is 22.8 Å². The standard InChI is InChI=1S/C22H15I3O9S/c23-8-5-13(24)17(14(25)6-8)22(28)34-19-11-7-12-16(21(27)33-18(12)19)15(11)20(26)32-9-1-3-10(4-2-9)35(29,30)31/h1-6,11-12,15-16,18-19H,7H2,(H,29,30,31)/p-1. The number of ether oxygens (including phenoxy) is 3. The lowest BCUT2D eigenvalue weighted by atomic mass is 9.78. The summed E-state index contributed by atoms with van der Waals surface area (Å²) >= 11 is 6.30. The van der Waals surface area contributed by atoms with Gasteiger partial charge in [-0.05, 0) is 111 Å². The van der Waals surface area contributed by atoms with Gasteiger partial charge < -0.3 is 18.8 Å². The van der Waals surface area contributed by atoms with E-state index in [-0.39, 0.29) is 11.7 Å². The number of esters is 3. The minimum atomic E-state index is -4.64. The molecule has 5 rings (SSSR count). The third kappa shape index (κ3) is 4.59. The molecule has 184 valence electrons. The number of fused-ring (bicyclic) bond motifs is 1. The van der Waals surface area contributed by atoms with Crippen molar-refractivity contribution in [1.82, 2.24) is 0 Å². The van der Waals surface area contributed by atoms with Crippen LogP contribution in [0, 0.1) is 34.4 Å². The van der Waals surface area contributed by atoms with Gasteiger partial charge in [-0.1, -0.05) is 0 Å². The number of halogens is 3. The fourth-order valence-electron chi connectivity index (χ4n) is 5.25. The van der Waals surface area contributed by atoms with E-state index in [1.165, 1.54) is 12.1 Å². The first kappa shape index (κ1) is 25.6. The summed E-state index contributed by atoms with van der Waals surface area (Å²) in [5.74, 6) is -4.01. The van der Waals surface area contributed by atoms with Crippen molar-refractivity contribution in [3.05, 3.63) is 52.7 Å². The molecule has 1 saturated heterocycles. The predicted octanol–water partition coefficient (Wildman–Crippen LogP) is 3.34. The molecule has 2 saturated carbocycles. The van der Waals surface area contributed by atoms with E-state index in [0.29, 0.717) is 12.0 Å². The number of hydrogen-bond acceptors (Lipinski definition) is 9. The number of carbonyl (C=O) groups is 3. The molecule has 13 heteroatoms. The van der Waals surface area contributed by atoms with Crippen LogP contribution in [0.2, 0.25) is 0 Å². The van der Waals surface area contributed by atoms with Gasteiger partial charge in [-0.15, -0.1) is 0 Å². The van der Waals surface area contributed by atoms with E-state index in [9.17, 15) is 27.4 Å². The molecule has 0 aromatic heterocycles. The first-order chi connectivity index (χ1) is 16.5. The van der Waals surface area contributed by atoms with Gasteiger partial charge >= 0.3 is 17.9 Å². The Morgan fingerprint density at radius 2 is 1.66 bits per heavy atom. The molecular formula is C22H14I3O9S-. The predicted molar refractivity (Wildman–Crippen MR) is 142 cm³/mol. The highest BCUT2D eigenvalue weighted by atomic mass is 127. The average molecular weight is 835 g/mol. The molecule has 0 spiro atoms. The smallest absolute Gasteiger partial charge is 0.340 e. The molecule has 0 N–H and O–H groups in total. The first-order valence-electron chi connectivity index (χ1n) is 10.3. The van der Waals surface area contributed by atoms with E-state index >= 15 is 0 Å². The van der Waals surface area contributed by atoms with Gasteiger partial charge in [-0.3, -0.25) is 9.59 Å². The van der Waals surface area contributed by atoms with Crippen LogP contribution >= 0.6 is 67.8 Å². The highest BCUT2D eigenvalue weighted by Gasteiger charge is 2.70. The molecule has 1 aliphatic heterocycles. The second-order valence-corrected chi connectivity index (χ2v) is 13.4. The third-order valence-electron chi connectivity index (χ3n) is 6.60. The maximum absolute atomic E-state index is 13.1. The summed E-state index contributed by atoms with van der Waals surface area (Å²) in [7, 11) is -4.64. The van der Waals surface area contributed by atoms with Crippen molar-refractivity contribution in [3.63, 3.8) is 0 Å². The highest BCUT2D eigenvalue weighted by molar-refractivity contribution is 14.1. The molecule has 2 bridgehead atoms. The second-order valence-electron chi connectivity index (χ2n) is 8.48. The molecule has 0 radical (unpaired) electrons. The molecule has 9 nitrogen and oxygen atoms in total. The van der Waals surface area contributed by atoms with Crippen LogP contribution in [-0.4, -0.2) is 43.1 Å². The van der Waals surface area contributed by atoms with Crippen molar-refractivity contribution < 1.29 is 41.6 Å². The minimum absolute atomic E-state index is 0.0321. The van der Waals surface area contributed by atoms with Gasteiger partial charge in [0, 0.05) is 22.5 Å². The Bertz CT molecular complexity index is 1340. The topological polar surface area (TPSA) is 136 Å². The Morgan fingerprint density at radius 1 is 1.03 bits per heavy atom. The van der Waals surface area contributed by atoms with Gasteiger partial charge in [0.15, 0.2) is 0 Å². The largest absolute Gasteiger partial charge is 0.744 e. The Labute approximate surface area is 240 Å². The Morgan fingerprint density at radius 3 is 2.26 bits per heavy atom. The summed E-state index contributed by atoms with van der Waals surface area (Å²) in [6.45, 7) is 0. The summed E-state index contributed by atoms with van der Waals surface area (Å²) in [5, 5.41) is 0. The Kier molecular flexibility index (Phi) is 6.84. The Balaban J connectivity index is 1.37. The van der Waals surface area contributed by atoms with Crippen molar-refractivity contribution in [3.8, 4) is 5.75 Å². The normalized spacial score (nSPS) is 28.6. The lowest BCUT2D eigenvalue weighted by molar-refractivity contribution is -0.149. The summed E-state index contributed by atoms with van der Waals surface area (Å²) in [4.78, 5) is 38.3. The van der Waals surface area contributed by atoms with Crippen molar-refractivity contribution in [2.24, 2.45) is 23.7 Å². The SMILES string of the molecule is O=C(OC1C2CC3C1OC(=O)C3C2C(=O)Oc1ccc(S(=O)(=O)[O-])cc1)c1c(I)cc(I)cc1I. The van der Waals surface area contributed by atoms with Crippen LogP contribution in [0.1, 0.15) is 16.8 Å². The highest BCUT2D eigenvalue weighted by Crippen LogP contribution is 2.59.